The van der Waals surface area contributed by atoms with E-state index in [2.05, 4.69) is 25.8 Å². The van der Waals surface area contributed by atoms with Crippen molar-refractivity contribution in [2.45, 2.75) is 39.3 Å². The first-order valence-corrected chi connectivity index (χ1v) is 11.6. The molecule has 2 heterocycles. The molecule has 0 aliphatic heterocycles. The van der Waals surface area contributed by atoms with Gasteiger partial charge in [-0.2, -0.15) is 0 Å². The monoisotopic (exact) mass is 502 g/mol. The van der Waals surface area contributed by atoms with E-state index in [0.29, 0.717) is 24.0 Å². The molecule has 0 saturated carbocycles. The third kappa shape index (κ3) is 4.51. The smallest absolute Gasteiger partial charge is 0.335 e. The van der Waals surface area contributed by atoms with Crippen molar-refractivity contribution in [3.05, 3.63) is 93.3 Å². The van der Waals surface area contributed by atoms with Crippen LogP contribution < -0.4 is 10.6 Å². The number of benzene rings is 2. The SMILES string of the molecule is Cc1cc(CNC(=O)c2cc(C(=O)N[C@H]3CCc4c3ccc(C(=O)O)c4C)nc3nncn23)ccc1F. The van der Waals surface area contributed by atoms with Gasteiger partial charge in [0.1, 0.15) is 23.5 Å². The molecule has 2 aromatic carbocycles. The number of halogens is 1. The van der Waals surface area contributed by atoms with Crippen molar-refractivity contribution in [2.24, 2.45) is 0 Å². The Bertz CT molecular complexity index is 1580. The van der Waals surface area contributed by atoms with E-state index in [1.807, 2.05) is 0 Å². The van der Waals surface area contributed by atoms with E-state index in [1.54, 1.807) is 38.1 Å². The number of fused-ring (bicyclic) bond motifs is 2. The molecule has 0 bridgehead atoms. The summed E-state index contributed by atoms with van der Waals surface area (Å²) in [5.74, 6) is -2.20. The quantitative estimate of drug-likeness (QED) is 0.368. The van der Waals surface area contributed by atoms with Gasteiger partial charge in [0.25, 0.3) is 17.6 Å². The maximum atomic E-state index is 13.5. The van der Waals surface area contributed by atoms with E-state index in [1.165, 1.54) is 22.9 Å². The van der Waals surface area contributed by atoms with Gasteiger partial charge in [-0.1, -0.05) is 18.2 Å². The van der Waals surface area contributed by atoms with Crippen molar-refractivity contribution in [1.29, 1.82) is 0 Å². The molecule has 11 heteroatoms. The van der Waals surface area contributed by atoms with Crippen LogP contribution in [0.5, 0.6) is 0 Å². The number of nitrogens with one attached hydrogen (secondary N) is 2. The van der Waals surface area contributed by atoms with Gasteiger partial charge in [0.2, 0.25) is 0 Å². The van der Waals surface area contributed by atoms with Gasteiger partial charge in [0.15, 0.2) is 0 Å². The van der Waals surface area contributed by atoms with Gasteiger partial charge >= 0.3 is 5.97 Å². The highest BCUT2D eigenvalue weighted by atomic mass is 19.1. The van der Waals surface area contributed by atoms with Crippen LogP contribution in [-0.4, -0.2) is 42.5 Å². The van der Waals surface area contributed by atoms with E-state index in [9.17, 15) is 23.9 Å². The van der Waals surface area contributed by atoms with Gasteiger partial charge < -0.3 is 15.7 Å². The van der Waals surface area contributed by atoms with Gasteiger partial charge in [-0.25, -0.2) is 14.2 Å². The van der Waals surface area contributed by atoms with Crippen molar-refractivity contribution < 1.29 is 23.9 Å². The predicted molar refractivity (Wildman–Crippen MR) is 130 cm³/mol. The highest BCUT2D eigenvalue weighted by Crippen LogP contribution is 2.34. The van der Waals surface area contributed by atoms with Crippen LogP contribution in [0.1, 0.15) is 71.6 Å². The summed E-state index contributed by atoms with van der Waals surface area (Å²) in [4.78, 5) is 41.9. The zero-order valence-corrected chi connectivity index (χ0v) is 20.1. The molecule has 1 atom stereocenters. The lowest BCUT2D eigenvalue weighted by molar-refractivity contribution is 0.0695. The molecule has 2 amide bonds. The van der Waals surface area contributed by atoms with Gasteiger partial charge in [-0.3, -0.25) is 14.0 Å². The second-order valence-corrected chi connectivity index (χ2v) is 8.97. The minimum atomic E-state index is -0.987. The number of rotatable bonds is 6. The lowest BCUT2D eigenvalue weighted by atomic mass is 9.98. The number of carboxylic acids is 1. The molecule has 0 spiro atoms. The fourth-order valence-electron chi connectivity index (χ4n) is 4.69. The molecule has 0 unspecified atom stereocenters. The largest absolute Gasteiger partial charge is 0.478 e. The van der Waals surface area contributed by atoms with Crippen LogP contribution in [0.3, 0.4) is 0 Å². The van der Waals surface area contributed by atoms with Crippen LogP contribution in [-0.2, 0) is 13.0 Å². The Balaban J connectivity index is 1.37. The molecule has 1 aliphatic carbocycles. The molecule has 4 aromatic rings. The maximum Gasteiger partial charge on any atom is 0.335 e. The van der Waals surface area contributed by atoms with E-state index in [0.717, 1.165) is 16.7 Å². The molecule has 0 fully saturated rings. The van der Waals surface area contributed by atoms with Gasteiger partial charge in [-0.05, 0) is 72.7 Å². The minimum Gasteiger partial charge on any atom is -0.478 e. The van der Waals surface area contributed by atoms with Crippen molar-refractivity contribution in [3.63, 3.8) is 0 Å². The lowest BCUT2D eigenvalue weighted by Crippen LogP contribution is -2.30. The summed E-state index contributed by atoms with van der Waals surface area (Å²) < 4.78 is 14.9. The zero-order chi connectivity index (χ0) is 26.3. The third-order valence-electron chi connectivity index (χ3n) is 6.65. The molecule has 10 nitrogen and oxygen atoms in total. The number of carbonyl (C=O) groups excluding carboxylic acids is 2. The number of hydrogen-bond acceptors (Lipinski definition) is 6. The maximum absolute atomic E-state index is 13.5. The standard InChI is InChI=1S/C26H23FN6O4/c1-13-9-15(3-7-19(13)27)11-28-24(35)22-10-21(31-26-32-29-12-33(22)26)23(34)30-20-8-6-16-14(2)17(25(36)37)4-5-18(16)20/h3-5,7,9-10,12,20H,6,8,11H2,1-2H3,(H,28,35)(H,30,34)(H,36,37)/t20-/m0/s1. The summed E-state index contributed by atoms with van der Waals surface area (Å²) in [6.07, 6.45) is 2.58. The lowest BCUT2D eigenvalue weighted by Gasteiger charge is -2.16. The van der Waals surface area contributed by atoms with Crippen LogP contribution in [0, 0.1) is 19.7 Å². The summed E-state index contributed by atoms with van der Waals surface area (Å²) in [6.45, 7) is 3.57. The molecule has 37 heavy (non-hydrogen) atoms. The summed E-state index contributed by atoms with van der Waals surface area (Å²) in [7, 11) is 0. The Kier molecular flexibility index (Phi) is 6.12. The van der Waals surface area contributed by atoms with Crippen molar-refractivity contribution in [1.82, 2.24) is 30.2 Å². The van der Waals surface area contributed by atoms with E-state index >= 15 is 0 Å². The topological polar surface area (TPSA) is 139 Å². The Hall–Kier alpha value is -4.67. The van der Waals surface area contributed by atoms with Crippen molar-refractivity contribution in [2.75, 3.05) is 0 Å². The molecule has 188 valence electrons. The molecule has 3 N–H and O–H groups in total. The number of aromatic carboxylic acids is 1. The minimum absolute atomic E-state index is 0.00407. The highest BCUT2D eigenvalue weighted by molar-refractivity contribution is 5.98. The fraction of sp³-hybridized carbons (Fsp3) is 0.231. The molecule has 5 rings (SSSR count). The number of hydrogen-bond donors (Lipinski definition) is 3. The number of aryl methyl sites for hydroxylation is 1. The summed E-state index contributed by atoms with van der Waals surface area (Å²) in [5.41, 5.74) is 4.04. The second-order valence-electron chi connectivity index (χ2n) is 8.97. The average Bonchev–Trinajstić information content (AvgIpc) is 3.51. The first-order valence-electron chi connectivity index (χ1n) is 11.6. The Morgan fingerprint density at radius 3 is 2.70 bits per heavy atom. The normalized spacial score (nSPS) is 14.4. The number of carboxylic acid groups (broad SMARTS) is 1. The second kappa shape index (κ2) is 9.41. The predicted octanol–water partition coefficient (Wildman–Crippen LogP) is 2.93. The number of amides is 2. The fourth-order valence-corrected chi connectivity index (χ4v) is 4.69. The van der Waals surface area contributed by atoms with Crippen LogP contribution in [0.2, 0.25) is 0 Å². The van der Waals surface area contributed by atoms with E-state index in [4.69, 9.17) is 0 Å². The number of nitrogens with zero attached hydrogens (tertiary/aromatic N) is 4. The highest BCUT2D eigenvalue weighted by Gasteiger charge is 2.28. The Morgan fingerprint density at radius 1 is 1.14 bits per heavy atom. The molecule has 1 aliphatic rings. The zero-order valence-electron chi connectivity index (χ0n) is 20.1. The van der Waals surface area contributed by atoms with E-state index < -0.39 is 17.8 Å². The Morgan fingerprint density at radius 2 is 1.95 bits per heavy atom. The first-order chi connectivity index (χ1) is 17.7. The van der Waals surface area contributed by atoms with Gasteiger partial charge in [-0.15, -0.1) is 10.2 Å². The molecular weight excluding hydrogens is 479 g/mol. The van der Waals surface area contributed by atoms with Gasteiger partial charge in [0.05, 0.1) is 11.6 Å². The first kappa shape index (κ1) is 24.0. The number of carbonyl (C=O) groups is 3. The van der Waals surface area contributed by atoms with Crippen LogP contribution in [0.4, 0.5) is 4.39 Å². The van der Waals surface area contributed by atoms with Crippen molar-refractivity contribution >= 4 is 23.6 Å². The average molecular weight is 503 g/mol. The summed E-state index contributed by atoms with van der Waals surface area (Å²) in [6, 6.07) is 8.90. The summed E-state index contributed by atoms with van der Waals surface area (Å²) >= 11 is 0. The van der Waals surface area contributed by atoms with Crippen LogP contribution in [0.15, 0.2) is 42.7 Å². The third-order valence-corrected chi connectivity index (χ3v) is 6.65. The number of aromatic nitrogens is 4. The molecular formula is C26H23FN6O4. The van der Waals surface area contributed by atoms with Gasteiger partial charge in [0, 0.05) is 6.54 Å². The van der Waals surface area contributed by atoms with Crippen LogP contribution in [0.25, 0.3) is 5.78 Å². The van der Waals surface area contributed by atoms with Crippen molar-refractivity contribution in [3.8, 4) is 0 Å². The molecule has 0 saturated heterocycles. The summed E-state index contributed by atoms with van der Waals surface area (Å²) in [5, 5.41) is 22.8. The van der Waals surface area contributed by atoms with Crippen LogP contribution >= 0.6 is 0 Å². The van der Waals surface area contributed by atoms with E-state index in [-0.39, 0.29) is 41.1 Å². The Labute approximate surface area is 210 Å². The molecule has 2 aromatic heterocycles. The molecule has 0 radical (unpaired) electrons.